The minimum absolute atomic E-state index is 0. The van der Waals surface area contributed by atoms with Crippen molar-refractivity contribution < 1.29 is 32.7 Å². The molecule has 1 aromatic heterocycles. The van der Waals surface area contributed by atoms with E-state index in [0.29, 0.717) is 5.92 Å². The van der Waals surface area contributed by atoms with Crippen LogP contribution in [0.2, 0.25) is 0 Å². The molecule has 0 atom stereocenters. The Morgan fingerprint density at radius 3 is 2.53 bits per heavy atom. The number of nitrogens with zero attached hydrogens (tertiary/aromatic N) is 1. The summed E-state index contributed by atoms with van der Waals surface area (Å²) in [7, 11) is 0. The van der Waals surface area contributed by atoms with E-state index in [0.717, 1.165) is 6.42 Å². The Balaban J connectivity index is 0.000000980. The van der Waals surface area contributed by atoms with Crippen LogP contribution in [0.15, 0.2) is 0 Å². The standard InChI is InChI=1S/C12H16N.CH3.Y/c1-8(2)11-7-10-5-4-6-12(10)13-9(11)3;;/h8H,4-6H2,1-3H3;1H3;/q2*-1;. The molecule has 2 heteroatoms. The molecule has 0 aromatic carbocycles. The fourth-order valence-electron chi connectivity index (χ4n) is 2.06. The largest absolute Gasteiger partial charge is 0.384 e. The Labute approximate surface area is 119 Å². The predicted molar refractivity (Wildman–Crippen MR) is 60.3 cm³/mol. The molecule has 0 saturated carbocycles. The molecule has 0 fully saturated rings. The van der Waals surface area contributed by atoms with Crippen LogP contribution in [-0.2, 0) is 45.6 Å². The fraction of sp³-hybridized carbons (Fsp3) is 0.538. The van der Waals surface area contributed by atoms with Crippen LogP contribution in [-0.4, -0.2) is 4.98 Å². The van der Waals surface area contributed by atoms with E-state index in [1.165, 1.54) is 35.4 Å². The zero-order valence-electron chi connectivity index (χ0n) is 10.2. The van der Waals surface area contributed by atoms with Crippen molar-refractivity contribution >= 4 is 0 Å². The van der Waals surface area contributed by atoms with Crippen molar-refractivity contribution in [2.45, 2.75) is 46.0 Å². The van der Waals surface area contributed by atoms with E-state index in [1.807, 2.05) is 0 Å². The number of hydrogen-bond acceptors (Lipinski definition) is 1. The van der Waals surface area contributed by atoms with Crippen molar-refractivity contribution in [3.63, 3.8) is 0 Å². The minimum atomic E-state index is 0. The Hall–Kier alpha value is 0.254. The van der Waals surface area contributed by atoms with E-state index in [-0.39, 0.29) is 40.1 Å². The second-order valence-electron chi connectivity index (χ2n) is 4.17. The van der Waals surface area contributed by atoms with Crippen LogP contribution in [0.5, 0.6) is 0 Å². The van der Waals surface area contributed by atoms with Gasteiger partial charge in [0.25, 0.3) is 0 Å². The molecule has 1 aliphatic carbocycles. The normalized spacial score (nSPS) is 13.1. The Morgan fingerprint density at radius 1 is 1.27 bits per heavy atom. The molecule has 1 radical (unpaired) electrons. The minimum Gasteiger partial charge on any atom is -0.384 e. The van der Waals surface area contributed by atoms with E-state index in [2.05, 4.69) is 31.8 Å². The Kier molecular flexibility index (Phi) is 6.21. The summed E-state index contributed by atoms with van der Waals surface area (Å²) >= 11 is 0. The molecule has 0 saturated heterocycles. The summed E-state index contributed by atoms with van der Waals surface area (Å²) in [5.74, 6) is 0.554. The number of pyridine rings is 1. The van der Waals surface area contributed by atoms with Gasteiger partial charge in [0.15, 0.2) is 0 Å². The number of fused-ring (bicyclic) bond motifs is 1. The summed E-state index contributed by atoms with van der Waals surface area (Å²) in [6, 6.07) is 3.53. The third kappa shape index (κ3) is 3.11. The number of rotatable bonds is 1. The van der Waals surface area contributed by atoms with E-state index >= 15 is 0 Å². The van der Waals surface area contributed by atoms with E-state index in [9.17, 15) is 0 Å². The van der Waals surface area contributed by atoms with Gasteiger partial charge in [-0.05, 0) is 12.3 Å². The van der Waals surface area contributed by atoms with Gasteiger partial charge >= 0.3 is 0 Å². The Morgan fingerprint density at radius 2 is 1.93 bits per heavy atom. The van der Waals surface area contributed by atoms with Gasteiger partial charge in [0.05, 0.1) is 0 Å². The van der Waals surface area contributed by atoms with Gasteiger partial charge in [-0.1, -0.05) is 45.0 Å². The van der Waals surface area contributed by atoms with Crippen LogP contribution in [0.1, 0.15) is 48.7 Å². The Bertz CT molecular complexity index is 332. The first-order valence-corrected chi connectivity index (χ1v) is 5.10. The van der Waals surface area contributed by atoms with Crippen LogP contribution in [0.4, 0.5) is 0 Å². The first-order chi connectivity index (χ1) is 6.18. The van der Waals surface area contributed by atoms with E-state index in [1.54, 1.807) is 0 Å². The first-order valence-electron chi connectivity index (χ1n) is 5.10. The van der Waals surface area contributed by atoms with Crippen molar-refractivity contribution in [1.29, 1.82) is 0 Å². The smallest absolute Gasteiger partial charge is 0 e. The first kappa shape index (κ1) is 15.3. The fourth-order valence-corrected chi connectivity index (χ4v) is 2.06. The zero-order chi connectivity index (χ0) is 9.42. The molecule has 1 nitrogen and oxygen atoms in total. The molecular weight excluding hydrogens is 259 g/mol. The third-order valence-corrected chi connectivity index (χ3v) is 2.74. The van der Waals surface area contributed by atoms with Crippen molar-refractivity contribution in [1.82, 2.24) is 4.98 Å². The average Bonchev–Trinajstić information content (AvgIpc) is 2.48. The van der Waals surface area contributed by atoms with Crippen LogP contribution >= 0.6 is 0 Å². The number of aromatic nitrogens is 1. The van der Waals surface area contributed by atoms with Gasteiger partial charge in [-0.3, -0.25) is 0 Å². The zero-order valence-corrected chi connectivity index (χ0v) is 13.1. The van der Waals surface area contributed by atoms with Gasteiger partial charge in [-0.2, -0.15) is 6.07 Å². The van der Waals surface area contributed by atoms with Crippen LogP contribution in [0.3, 0.4) is 0 Å². The van der Waals surface area contributed by atoms with Crippen molar-refractivity contribution in [2.24, 2.45) is 0 Å². The molecule has 0 bridgehead atoms. The summed E-state index contributed by atoms with van der Waals surface area (Å²) in [5.41, 5.74) is 5.15. The van der Waals surface area contributed by atoms with Crippen molar-refractivity contribution in [2.75, 3.05) is 0 Å². The van der Waals surface area contributed by atoms with Gasteiger partial charge in [0.1, 0.15) is 0 Å². The molecule has 0 N–H and O–H groups in total. The molecule has 0 amide bonds. The predicted octanol–water partition coefficient (Wildman–Crippen LogP) is 3.25. The second-order valence-corrected chi connectivity index (χ2v) is 4.17. The molecule has 1 aliphatic rings. The van der Waals surface area contributed by atoms with Gasteiger partial charge in [0.2, 0.25) is 0 Å². The summed E-state index contributed by atoms with van der Waals surface area (Å²) in [6.07, 6.45) is 3.60. The van der Waals surface area contributed by atoms with Gasteiger partial charge in [0, 0.05) is 32.7 Å². The second kappa shape index (κ2) is 6.10. The molecule has 81 valence electrons. The molecule has 1 aromatic rings. The van der Waals surface area contributed by atoms with Crippen LogP contribution in [0.25, 0.3) is 0 Å². The molecule has 2 rings (SSSR count). The third-order valence-electron chi connectivity index (χ3n) is 2.74. The number of aryl methyl sites for hydroxylation is 3. The van der Waals surface area contributed by atoms with Crippen LogP contribution in [0, 0.1) is 20.4 Å². The summed E-state index contributed by atoms with van der Waals surface area (Å²) in [5, 5.41) is 0. The molecule has 15 heavy (non-hydrogen) atoms. The molecule has 0 unspecified atom stereocenters. The molecule has 0 aliphatic heterocycles. The van der Waals surface area contributed by atoms with E-state index < -0.39 is 0 Å². The summed E-state index contributed by atoms with van der Waals surface area (Å²) < 4.78 is 0. The van der Waals surface area contributed by atoms with Gasteiger partial charge in [-0.25, -0.2) is 0 Å². The average molecular weight is 278 g/mol. The van der Waals surface area contributed by atoms with Crippen molar-refractivity contribution in [3.05, 3.63) is 36.0 Å². The summed E-state index contributed by atoms with van der Waals surface area (Å²) in [6.45, 7) is 6.52. The quantitative estimate of drug-likeness (QED) is 0.719. The number of hydrogen-bond donors (Lipinski definition) is 0. The maximum atomic E-state index is 4.64. The SMILES string of the molecule is Cc1nc2c([c-]c1C(C)C)CCC2.[CH3-].[Y]. The maximum absolute atomic E-state index is 4.64. The maximum Gasteiger partial charge on any atom is 0 e. The molecule has 0 spiro atoms. The van der Waals surface area contributed by atoms with Crippen molar-refractivity contribution in [3.8, 4) is 0 Å². The van der Waals surface area contributed by atoms with Crippen LogP contribution < -0.4 is 0 Å². The van der Waals surface area contributed by atoms with Gasteiger partial charge < -0.3 is 12.4 Å². The summed E-state index contributed by atoms with van der Waals surface area (Å²) in [4.78, 5) is 4.64. The monoisotopic (exact) mass is 278 g/mol. The van der Waals surface area contributed by atoms with Gasteiger partial charge in [-0.15, -0.1) is 11.1 Å². The molecular formula is C13H19NY-2. The van der Waals surface area contributed by atoms with E-state index in [4.69, 9.17) is 0 Å². The molecule has 1 heterocycles. The topological polar surface area (TPSA) is 12.9 Å².